The number of hydrogen-bond donors (Lipinski definition) is 2. The lowest BCUT2D eigenvalue weighted by atomic mass is 10.0. The van der Waals surface area contributed by atoms with Crippen LogP contribution in [-0.4, -0.2) is 19.0 Å². The lowest BCUT2D eigenvalue weighted by Crippen LogP contribution is -2.32. The van der Waals surface area contributed by atoms with Crippen LogP contribution in [0.5, 0.6) is 0 Å². The van der Waals surface area contributed by atoms with Gasteiger partial charge >= 0.3 is 0 Å². The lowest BCUT2D eigenvalue weighted by molar-refractivity contribution is -0.123. The van der Waals surface area contributed by atoms with E-state index in [4.69, 9.17) is 5.73 Å². The maximum atomic E-state index is 12.2. The van der Waals surface area contributed by atoms with Crippen molar-refractivity contribution < 1.29 is 4.79 Å². The van der Waals surface area contributed by atoms with Gasteiger partial charge in [0.05, 0.1) is 0 Å². The van der Waals surface area contributed by atoms with Gasteiger partial charge in [0, 0.05) is 12.5 Å². The Labute approximate surface area is 110 Å². The molecular formula is C15H26N2O. The molecule has 3 N–H and O–H groups in total. The third kappa shape index (κ3) is 1.97. The molecule has 3 nitrogen and oxygen atoms in total. The summed E-state index contributed by atoms with van der Waals surface area (Å²) in [5, 5.41) is 3.18. The Kier molecular flexibility index (Phi) is 3.35. The maximum absolute atomic E-state index is 12.2. The molecule has 2 bridgehead atoms. The molecule has 0 aromatic rings. The van der Waals surface area contributed by atoms with Crippen LogP contribution >= 0.6 is 0 Å². The van der Waals surface area contributed by atoms with Crippen LogP contribution in [0.2, 0.25) is 0 Å². The van der Waals surface area contributed by atoms with E-state index in [1.165, 1.54) is 19.3 Å². The Morgan fingerprint density at radius 1 is 1.33 bits per heavy atom. The zero-order valence-corrected chi connectivity index (χ0v) is 11.4. The number of hydrogen-bond acceptors (Lipinski definition) is 2. The summed E-state index contributed by atoms with van der Waals surface area (Å²) in [6.45, 7) is 3.74. The van der Waals surface area contributed by atoms with Crippen molar-refractivity contribution in [3.63, 3.8) is 0 Å². The first-order chi connectivity index (χ1) is 8.76. The number of rotatable bonds is 6. The van der Waals surface area contributed by atoms with E-state index in [1.807, 2.05) is 0 Å². The lowest BCUT2D eigenvalue weighted by Gasteiger charge is -2.15. The molecular weight excluding hydrogens is 224 g/mol. The van der Waals surface area contributed by atoms with E-state index in [9.17, 15) is 4.79 Å². The smallest absolute Gasteiger partial charge is 0.223 e. The number of amides is 1. The molecule has 0 radical (unpaired) electrons. The first-order valence-electron chi connectivity index (χ1n) is 7.74. The molecule has 3 fully saturated rings. The van der Waals surface area contributed by atoms with E-state index < -0.39 is 0 Å². The van der Waals surface area contributed by atoms with Gasteiger partial charge in [-0.15, -0.1) is 0 Å². The van der Waals surface area contributed by atoms with Crippen molar-refractivity contribution in [2.24, 2.45) is 41.2 Å². The fourth-order valence-corrected chi connectivity index (χ4v) is 4.72. The molecule has 0 aliphatic heterocycles. The highest BCUT2D eigenvalue weighted by molar-refractivity contribution is 5.82. The zero-order chi connectivity index (χ0) is 12.7. The normalized spacial score (nSPS) is 41.6. The largest absolute Gasteiger partial charge is 0.356 e. The summed E-state index contributed by atoms with van der Waals surface area (Å²) in [6.07, 6.45) is 6.34. The molecule has 3 rings (SSSR count). The third-order valence-electron chi connectivity index (χ3n) is 5.76. The van der Waals surface area contributed by atoms with Crippen molar-refractivity contribution in [1.29, 1.82) is 0 Å². The Morgan fingerprint density at radius 2 is 2.00 bits per heavy atom. The summed E-state index contributed by atoms with van der Waals surface area (Å²) in [6, 6.07) is 0. The summed E-state index contributed by atoms with van der Waals surface area (Å²) >= 11 is 0. The van der Waals surface area contributed by atoms with Gasteiger partial charge in [0.15, 0.2) is 0 Å². The van der Waals surface area contributed by atoms with Crippen molar-refractivity contribution in [1.82, 2.24) is 5.32 Å². The molecule has 5 atom stereocenters. The quantitative estimate of drug-likeness (QED) is 0.755. The van der Waals surface area contributed by atoms with E-state index in [0.717, 1.165) is 49.6 Å². The highest BCUT2D eigenvalue weighted by Gasteiger charge is 2.67. The van der Waals surface area contributed by atoms with Crippen LogP contribution in [0.25, 0.3) is 0 Å². The second-order valence-corrected chi connectivity index (χ2v) is 6.61. The minimum atomic E-state index is 0.345. The number of fused-ring (bicyclic) bond motifs is 5. The first-order valence-corrected chi connectivity index (χ1v) is 7.74. The summed E-state index contributed by atoms with van der Waals surface area (Å²) < 4.78 is 0. The fourth-order valence-electron chi connectivity index (χ4n) is 4.72. The summed E-state index contributed by atoms with van der Waals surface area (Å²) in [7, 11) is 0. The van der Waals surface area contributed by atoms with Crippen molar-refractivity contribution in [2.45, 2.75) is 39.0 Å². The summed E-state index contributed by atoms with van der Waals surface area (Å²) in [5.74, 6) is 4.60. The molecule has 0 heterocycles. The number of carbonyl (C=O) groups excluding carboxylic acids is 1. The number of carbonyl (C=O) groups is 1. The van der Waals surface area contributed by atoms with Crippen LogP contribution in [0.4, 0.5) is 0 Å². The molecule has 5 unspecified atom stereocenters. The highest BCUT2D eigenvalue weighted by Crippen LogP contribution is 2.69. The van der Waals surface area contributed by atoms with E-state index in [0.29, 0.717) is 17.7 Å². The standard InChI is InChI=1S/C15H26N2O/c1-2-9(5-6-16)8-17-15(18)14-12-10-3-4-11(7-10)13(12)14/h9-14H,2-8,16H2,1H3,(H,17,18). The molecule has 3 aliphatic carbocycles. The molecule has 3 aliphatic rings. The monoisotopic (exact) mass is 250 g/mol. The Hall–Kier alpha value is -0.570. The van der Waals surface area contributed by atoms with Crippen molar-refractivity contribution >= 4 is 5.91 Å². The third-order valence-corrected chi connectivity index (χ3v) is 5.76. The van der Waals surface area contributed by atoms with Gasteiger partial charge in [0.1, 0.15) is 0 Å². The van der Waals surface area contributed by atoms with Gasteiger partial charge in [0.2, 0.25) is 5.91 Å². The molecule has 102 valence electrons. The molecule has 0 spiro atoms. The van der Waals surface area contributed by atoms with Crippen LogP contribution in [0.1, 0.15) is 39.0 Å². The average Bonchev–Trinajstić information content (AvgIpc) is 2.83. The van der Waals surface area contributed by atoms with Gasteiger partial charge < -0.3 is 11.1 Å². The molecule has 3 saturated carbocycles. The van der Waals surface area contributed by atoms with Crippen molar-refractivity contribution in [3.05, 3.63) is 0 Å². The molecule has 0 saturated heterocycles. The minimum absolute atomic E-state index is 0.345. The topological polar surface area (TPSA) is 55.1 Å². The van der Waals surface area contributed by atoms with E-state index in [1.54, 1.807) is 0 Å². The average molecular weight is 250 g/mol. The Bertz CT molecular complexity index is 314. The maximum Gasteiger partial charge on any atom is 0.223 e. The number of nitrogens with two attached hydrogens (primary N) is 1. The minimum Gasteiger partial charge on any atom is -0.356 e. The molecule has 1 amide bonds. The predicted octanol–water partition coefficient (Wildman–Crippen LogP) is 1.77. The Morgan fingerprint density at radius 3 is 2.56 bits per heavy atom. The summed E-state index contributed by atoms with van der Waals surface area (Å²) in [4.78, 5) is 12.2. The van der Waals surface area contributed by atoms with E-state index in [2.05, 4.69) is 12.2 Å². The predicted molar refractivity (Wildman–Crippen MR) is 71.8 cm³/mol. The van der Waals surface area contributed by atoms with Gasteiger partial charge in [-0.2, -0.15) is 0 Å². The molecule has 3 heteroatoms. The second-order valence-electron chi connectivity index (χ2n) is 6.61. The van der Waals surface area contributed by atoms with Crippen molar-refractivity contribution in [3.8, 4) is 0 Å². The van der Waals surface area contributed by atoms with Gasteiger partial charge in [0.25, 0.3) is 0 Å². The van der Waals surface area contributed by atoms with Crippen LogP contribution in [-0.2, 0) is 4.79 Å². The highest BCUT2D eigenvalue weighted by atomic mass is 16.2. The number of nitrogens with one attached hydrogen (secondary N) is 1. The van der Waals surface area contributed by atoms with Crippen molar-refractivity contribution in [2.75, 3.05) is 13.1 Å². The second kappa shape index (κ2) is 4.84. The summed E-state index contributed by atoms with van der Waals surface area (Å²) in [5.41, 5.74) is 5.59. The zero-order valence-electron chi connectivity index (χ0n) is 11.4. The van der Waals surface area contributed by atoms with Crippen LogP contribution in [0.15, 0.2) is 0 Å². The first kappa shape index (κ1) is 12.5. The van der Waals surface area contributed by atoms with E-state index in [-0.39, 0.29) is 0 Å². The van der Waals surface area contributed by atoms with Gasteiger partial charge in [-0.05, 0) is 61.8 Å². The van der Waals surface area contributed by atoms with Crippen LogP contribution < -0.4 is 11.1 Å². The van der Waals surface area contributed by atoms with Crippen LogP contribution in [0.3, 0.4) is 0 Å². The molecule has 0 aromatic heterocycles. The molecule has 0 aromatic carbocycles. The van der Waals surface area contributed by atoms with Gasteiger partial charge in [-0.1, -0.05) is 13.3 Å². The SMILES string of the molecule is CCC(CCN)CNC(=O)C1C2C3CCC(C3)C12. The molecule has 18 heavy (non-hydrogen) atoms. The fraction of sp³-hybridized carbons (Fsp3) is 0.933. The van der Waals surface area contributed by atoms with Crippen LogP contribution in [0, 0.1) is 35.5 Å². The Balaban J connectivity index is 1.46. The van der Waals surface area contributed by atoms with E-state index >= 15 is 0 Å². The van der Waals surface area contributed by atoms with Gasteiger partial charge in [-0.25, -0.2) is 0 Å². The van der Waals surface area contributed by atoms with Gasteiger partial charge in [-0.3, -0.25) is 4.79 Å².